The fourth-order valence-corrected chi connectivity index (χ4v) is 7.85. The van der Waals surface area contributed by atoms with E-state index >= 15 is 0 Å². The summed E-state index contributed by atoms with van der Waals surface area (Å²) in [4.78, 5) is 13.4. The van der Waals surface area contributed by atoms with Crippen molar-refractivity contribution in [1.82, 2.24) is 0 Å². The molecule has 0 amide bonds. The third-order valence-electron chi connectivity index (χ3n) is 9.36. The second-order valence-corrected chi connectivity index (χ2v) is 10.5. The quantitative estimate of drug-likeness (QED) is 0.509. The zero-order valence-corrected chi connectivity index (χ0v) is 17.0. The summed E-state index contributed by atoms with van der Waals surface area (Å²) in [6, 6.07) is 10.4. The highest BCUT2D eigenvalue weighted by atomic mass is 16.1. The summed E-state index contributed by atoms with van der Waals surface area (Å²) in [5.74, 6) is 3.63. The Bertz CT molecular complexity index is 762. The molecule has 5 rings (SSSR count). The standard InChI is InChI=1S/C26H34O/c1-25-14-7-6-10-20(25)11-12-21-22(25)13-15-26(2)23(21)17-19(24(26)27)16-18-8-4-3-5-9-18/h3-5,8-9,16,20-23H,6-7,10-15,17H2,1-2H3/t20?,21-,22?,23?,25+,26+/m1/s1. The number of carbonyl (C=O) groups is 1. The third kappa shape index (κ3) is 2.60. The second kappa shape index (κ2) is 6.33. The Kier molecular flexibility index (Phi) is 4.15. The Balaban J connectivity index is 1.47. The van der Waals surface area contributed by atoms with Gasteiger partial charge in [0.15, 0.2) is 5.78 Å². The van der Waals surface area contributed by atoms with E-state index in [2.05, 4.69) is 44.2 Å². The normalized spacial score (nSPS) is 45.3. The molecule has 4 saturated carbocycles. The zero-order chi connectivity index (χ0) is 18.6. The highest BCUT2D eigenvalue weighted by Gasteiger charge is 2.60. The van der Waals surface area contributed by atoms with Gasteiger partial charge in [-0.05, 0) is 91.2 Å². The van der Waals surface area contributed by atoms with Gasteiger partial charge in [-0.1, -0.05) is 57.0 Å². The van der Waals surface area contributed by atoms with Crippen molar-refractivity contribution in [3.63, 3.8) is 0 Å². The molecule has 4 aliphatic rings. The molecule has 4 fully saturated rings. The van der Waals surface area contributed by atoms with E-state index in [1.807, 2.05) is 6.07 Å². The Morgan fingerprint density at radius 2 is 1.74 bits per heavy atom. The predicted molar refractivity (Wildman–Crippen MR) is 111 cm³/mol. The Labute approximate surface area is 164 Å². The topological polar surface area (TPSA) is 17.1 Å². The minimum atomic E-state index is -0.0976. The van der Waals surface area contributed by atoms with Crippen molar-refractivity contribution in [2.75, 3.05) is 0 Å². The van der Waals surface area contributed by atoms with Crippen molar-refractivity contribution < 1.29 is 4.79 Å². The average Bonchev–Trinajstić information content (AvgIpc) is 2.93. The molecule has 144 valence electrons. The van der Waals surface area contributed by atoms with Crippen LogP contribution in [0.2, 0.25) is 0 Å². The van der Waals surface area contributed by atoms with E-state index in [0.717, 1.165) is 36.2 Å². The molecule has 4 aliphatic carbocycles. The summed E-state index contributed by atoms with van der Waals surface area (Å²) in [6.07, 6.45) is 14.2. The largest absolute Gasteiger partial charge is 0.294 e. The van der Waals surface area contributed by atoms with Crippen molar-refractivity contribution >= 4 is 11.9 Å². The van der Waals surface area contributed by atoms with Crippen molar-refractivity contribution in [3.8, 4) is 0 Å². The van der Waals surface area contributed by atoms with Gasteiger partial charge < -0.3 is 0 Å². The fourth-order valence-electron chi connectivity index (χ4n) is 7.85. The summed E-state index contributed by atoms with van der Waals surface area (Å²) >= 11 is 0. The number of fused-ring (bicyclic) bond motifs is 5. The Morgan fingerprint density at radius 3 is 2.56 bits per heavy atom. The van der Waals surface area contributed by atoms with Gasteiger partial charge in [-0.15, -0.1) is 0 Å². The van der Waals surface area contributed by atoms with Gasteiger partial charge >= 0.3 is 0 Å². The van der Waals surface area contributed by atoms with Gasteiger partial charge in [0, 0.05) is 5.41 Å². The lowest BCUT2D eigenvalue weighted by Gasteiger charge is -2.59. The van der Waals surface area contributed by atoms with Crippen LogP contribution in [0, 0.1) is 34.5 Å². The maximum absolute atomic E-state index is 13.4. The van der Waals surface area contributed by atoms with Gasteiger partial charge in [0.1, 0.15) is 0 Å². The van der Waals surface area contributed by atoms with E-state index in [4.69, 9.17) is 0 Å². The van der Waals surface area contributed by atoms with Crippen molar-refractivity contribution in [3.05, 3.63) is 41.5 Å². The number of hydrogen-bond acceptors (Lipinski definition) is 1. The summed E-state index contributed by atoms with van der Waals surface area (Å²) in [5.41, 5.74) is 2.74. The van der Waals surface area contributed by atoms with Gasteiger partial charge in [-0.3, -0.25) is 4.79 Å². The van der Waals surface area contributed by atoms with Gasteiger partial charge in [0.2, 0.25) is 0 Å². The number of rotatable bonds is 1. The molecule has 1 nitrogen and oxygen atoms in total. The lowest BCUT2D eigenvalue weighted by Crippen LogP contribution is -2.52. The van der Waals surface area contributed by atoms with Crippen LogP contribution in [0.1, 0.15) is 77.2 Å². The minimum Gasteiger partial charge on any atom is -0.294 e. The molecule has 1 heteroatoms. The van der Waals surface area contributed by atoms with Gasteiger partial charge in [0.25, 0.3) is 0 Å². The average molecular weight is 363 g/mol. The van der Waals surface area contributed by atoms with Crippen LogP contribution in [0.25, 0.3) is 6.08 Å². The van der Waals surface area contributed by atoms with Crippen molar-refractivity contribution in [2.45, 2.75) is 71.6 Å². The summed E-state index contributed by atoms with van der Waals surface area (Å²) in [5, 5.41) is 0. The van der Waals surface area contributed by atoms with Crippen molar-refractivity contribution in [2.24, 2.45) is 34.5 Å². The van der Waals surface area contributed by atoms with Crippen LogP contribution in [0.15, 0.2) is 35.9 Å². The molecule has 0 spiro atoms. The number of ketones is 1. The molecule has 0 bridgehead atoms. The molecule has 1 aromatic carbocycles. The molecule has 3 unspecified atom stereocenters. The van der Waals surface area contributed by atoms with Gasteiger partial charge in [-0.25, -0.2) is 0 Å². The number of Topliss-reactive ketones (excluding diaryl/α,β-unsaturated/α-hetero) is 1. The Morgan fingerprint density at radius 1 is 0.926 bits per heavy atom. The van der Waals surface area contributed by atoms with Crippen LogP contribution in [0.5, 0.6) is 0 Å². The predicted octanol–water partition coefficient (Wildman–Crippen LogP) is 6.68. The van der Waals surface area contributed by atoms with E-state index in [-0.39, 0.29) is 5.41 Å². The molecule has 0 aliphatic heterocycles. The first kappa shape index (κ1) is 17.7. The zero-order valence-electron chi connectivity index (χ0n) is 17.0. The minimum absolute atomic E-state index is 0.0976. The summed E-state index contributed by atoms with van der Waals surface area (Å²) < 4.78 is 0. The molecule has 0 radical (unpaired) electrons. The number of hydrogen-bond donors (Lipinski definition) is 0. The number of benzene rings is 1. The summed E-state index contributed by atoms with van der Waals surface area (Å²) in [6.45, 7) is 4.92. The smallest absolute Gasteiger partial charge is 0.165 e. The number of carbonyl (C=O) groups excluding carboxylic acids is 1. The third-order valence-corrected chi connectivity index (χ3v) is 9.36. The van der Waals surface area contributed by atoms with Crippen LogP contribution < -0.4 is 0 Å². The first-order valence-corrected chi connectivity index (χ1v) is 11.3. The molecular formula is C26H34O. The monoisotopic (exact) mass is 362 g/mol. The molecule has 0 N–H and O–H groups in total. The summed E-state index contributed by atoms with van der Waals surface area (Å²) in [7, 11) is 0. The number of allylic oxidation sites excluding steroid dienone is 1. The SMILES string of the molecule is C[C@]12CCCCC1CC[C@@H]1C2CC[C@]2(C)C(=O)C(=Cc3ccccc3)CC12. The first-order valence-electron chi connectivity index (χ1n) is 11.3. The van der Waals surface area contributed by atoms with Crippen LogP contribution in [-0.2, 0) is 4.79 Å². The molecule has 0 heterocycles. The molecule has 0 saturated heterocycles. The molecule has 6 atom stereocenters. The van der Waals surface area contributed by atoms with Gasteiger partial charge in [-0.2, -0.15) is 0 Å². The van der Waals surface area contributed by atoms with Gasteiger partial charge in [0.05, 0.1) is 0 Å². The van der Waals surface area contributed by atoms with Crippen LogP contribution in [0.4, 0.5) is 0 Å². The molecular weight excluding hydrogens is 328 g/mol. The fraction of sp³-hybridized carbons (Fsp3) is 0.654. The lowest BCUT2D eigenvalue weighted by molar-refractivity contribution is -0.137. The van der Waals surface area contributed by atoms with E-state index < -0.39 is 0 Å². The lowest BCUT2D eigenvalue weighted by atomic mass is 9.45. The maximum atomic E-state index is 13.4. The van der Waals surface area contributed by atoms with Crippen LogP contribution in [-0.4, -0.2) is 5.78 Å². The highest BCUT2D eigenvalue weighted by Crippen LogP contribution is 2.66. The van der Waals surface area contributed by atoms with Crippen LogP contribution >= 0.6 is 0 Å². The molecule has 0 aromatic heterocycles. The van der Waals surface area contributed by atoms with E-state index in [0.29, 0.717) is 17.1 Å². The highest BCUT2D eigenvalue weighted by molar-refractivity contribution is 6.05. The van der Waals surface area contributed by atoms with Crippen molar-refractivity contribution in [1.29, 1.82) is 0 Å². The maximum Gasteiger partial charge on any atom is 0.165 e. The molecule has 27 heavy (non-hydrogen) atoms. The Hall–Kier alpha value is -1.37. The first-order chi connectivity index (χ1) is 13.0. The molecule has 1 aromatic rings. The van der Waals surface area contributed by atoms with E-state index in [9.17, 15) is 4.79 Å². The van der Waals surface area contributed by atoms with E-state index in [1.54, 1.807) is 0 Å². The van der Waals surface area contributed by atoms with E-state index in [1.165, 1.54) is 50.5 Å². The second-order valence-electron chi connectivity index (χ2n) is 10.5. The van der Waals surface area contributed by atoms with Crippen LogP contribution in [0.3, 0.4) is 0 Å².